The molecule has 87 heavy (non-hydrogen) atoms. The second-order valence-corrected chi connectivity index (χ2v) is 34.4. The van der Waals surface area contributed by atoms with Gasteiger partial charge < -0.3 is 14.7 Å². The van der Waals surface area contributed by atoms with Crippen LogP contribution in [0.4, 0.5) is 45.5 Å². The Kier molecular flexibility index (Phi) is 11.3. The molecule has 1 saturated carbocycles. The van der Waals surface area contributed by atoms with Gasteiger partial charge in [0.25, 0.3) is 6.71 Å². The summed E-state index contributed by atoms with van der Waals surface area (Å²) in [6.07, 6.45) is 9.43. The maximum absolute atomic E-state index is 2.90. The summed E-state index contributed by atoms with van der Waals surface area (Å²) in [5.41, 5.74) is 28.8. The molecule has 0 amide bonds. The molecule has 3 nitrogen and oxygen atoms in total. The first-order valence-corrected chi connectivity index (χ1v) is 34.1. The van der Waals surface area contributed by atoms with Gasteiger partial charge in [0.05, 0.1) is 15.9 Å². The quantitative estimate of drug-likeness (QED) is 0.163. The number of hydrogen-bond acceptors (Lipinski definition) is 4. The SMILES string of the molecule is CC(C)(C)c1ccc2c(c1)C1(C)CCCCC1(C)N2c1cc2c3c(c1)N(c1cccc4c1sc1ccccc14)c1cc4c(cc1B3c1cc3c(cc1N2c1ccc2c(c1)C(C)(C)CCC2(C)C)C(C)(C)CCC3(C)C)C(C)(C)c1ccccc1C4(C)C. The summed E-state index contributed by atoms with van der Waals surface area (Å²) < 4.78 is 2.67. The van der Waals surface area contributed by atoms with Crippen LogP contribution in [-0.4, -0.2) is 12.3 Å². The largest absolute Gasteiger partial charge is 0.334 e. The van der Waals surface area contributed by atoms with Gasteiger partial charge in [-0.1, -0.05) is 209 Å². The predicted octanol–water partition coefficient (Wildman–Crippen LogP) is 20.8. The van der Waals surface area contributed by atoms with Crippen LogP contribution in [0.15, 0.2) is 140 Å². The Bertz CT molecular complexity index is 4480. The first-order chi connectivity index (χ1) is 41.0. The summed E-state index contributed by atoms with van der Waals surface area (Å²) in [6.45, 7) is 42.5. The normalized spacial score (nSPS) is 23.4. The van der Waals surface area contributed by atoms with E-state index in [1.807, 2.05) is 11.3 Å². The van der Waals surface area contributed by atoms with Gasteiger partial charge in [0.2, 0.25) is 0 Å². The van der Waals surface area contributed by atoms with E-state index in [0.29, 0.717) is 0 Å². The molecule has 16 rings (SSSR count). The first-order valence-electron chi connectivity index (χ1n) is 33.2. The Balaban J connectivity index is 1.09. The minimum atomic E-state index is -0.255. The van der Waals surface area contributed by atoms with Crippen molar-refractivity contribution >= 4 is 100 Å². The van der Waals surface area contributed by atoms with Gasteiger partial charge in [-0.2, -0.15) is 0 Å². The molecular formula is C82H90BN3S. The number of hydrogen-bond donors (Lipinski definition) is 0. The van der Waals surface area contributed by atoms with Crippen molar-refractivity contribution in [3.05, 3.63) is 195 Å². The van der Waals surface area contributed by atoms with Crippen LogP contribution in [0.1, 0.15) is 225 Å². The zero-order valence-electron chi connectivity index (χ0n) is 55.3. The minimum absolute atomic E-state index is 0.00181. The van der Waals surface area contributed by atoms with E-state index in [0.717, 1.165) is 25.7 Å². The monoisotopic (exact) mass is 1160 g/mol. The van der Waals surface area contributed by atoms with E-state index < -0.39 is 0 Å². The Morgan fingerprint density at radius 2 is 0.931 bits per heavy atom. The highest BCUT2D eigenvalue weighted by molar-refractivity contribution is 7.26. The summed E-state index contributed by atoms with van der Waals surface area (Å²) in [5.74, 6) is 0. The molecule has 0 saturated heterocycles. The van der Waals surface area contributed by atoms with Crippen molar-refractivity contribution < 1.29 is 0 Å². The van der Waals surface area contributed by atoms with Gasteiger partial charge in [-0.15, -0.1) is 11.3 Å². The number of anilines is 8. The lowest BCUT2D eigenvalue weighted by Gasteiger charge is -2.52. The molecule has 0 spiro atoms. The zero-order chi connectivity index (χ0) is 60.9. The van der Waals surface area contributed by atoms with E-state index in [4.69, 9.17) is 0 Å². The van der Waals surface area contributed by atoms with Gasteiger partial charge in [0.15, 0.2) is 0 Å². The Labute approximate surface area is 524 Å². The van der Waals surface area contributed by atoms with Crippen LogP contribution in [0.3, 0.4) is 0 Å². The van der Waals surface area contributed by atoms with Crippen molar-refractivity contribution in [1.82, 2.24) is 0 Å². The average Bonchev–Trinajstić information content (AvgIpc) is 1.55. The highest BCUT2D eigenvalue weighted by atomic mass is 32.1. The fourth-order valence-corrected chi connectivity index (χ4v) is 20.1. The molecule has 8 aromatic carbocycles. The summed E-state index contributed by atoms with van der Waals surface area (Å²) in [5, 5.41) is 2.66. The number of thiophene rings is 1. The Morgan fingerprint density at radius 1 is 0.391 bits per heavy atom. The summed E-state index contributed by atoms with van der Waals surface area (Å²) >= 11 is 1.96. The molecule has 0 radical (unpaired) electrons. The highest BCUT2D eigenvalue weighted by Crippen LogP contribution is 2.64. The maximum atomic E-state index is 2.90. The van der Waals surface area contributed by atoms with Gasteiger partial charge in [0.1, 0.15) is 0 Å². The maximum Gasteiger partial charge on any atom is 0.252 e. The molecular weight excluding hydrogens is 1070 g/mol. The molecule has 0 bridgehead atoms. The van der Waals surface area contributed by atoms with Crippen LogP contribution >= 0.6 is 11.3 Å². The molecule has 5 heteroatoms. The third-order valence-corrected chi connectivity index (χ3v) is 25.9. The highest BCUT2D eigenvalue weighted by Gasteiger charge is 2.59. The van der Waals surface area contributed by atoms with E-state index in [1.165, 1.54) is 163 Å². The third kappa shape index (κ3) is 7.42. The van der Waals surface area contributed by atoms with Crippen LogP contribution in [0, 0.1) is 0 Å². The van der Waals surface area contributed by atoms with Gasteiger partial charge in [-0.3, -0.25) is 0 Å². The van der Waals surface area contributed by atoms with E-state index in [9.17, 15) is 0 Å². The van der Waals surface area contributed by atoms with E-state index in [2.05, 4.69) is 272 Å². The number of benzene rings is 8. The third-order valence-electron chi connectivity index (χ3n) is 24.7. The van der Waals surface area contributed by atoms with E-state index >= 15 is 0 Å². The lowest BCUT2D eigenvalue weighted by atomic mass is 9.32. The first kappa shape index (κ1) is 55.7. The van der Waals surface area contributed by atoms with E-state index in [1.54, 1.807) is 0 Å². The number of fused-ring (bicyclic) bond motifs is 14. The molecule has 7 aliphatic rings. The van der Waals surface area contributed by atoms with Crippen LogP contribution < -0.4 is 31.1 Å². The molecule has 2 atom stereocenters. The van der Waals surface area contributed by atoms with Crippen molar-refractivity contribution in [3.63, 3.8) is 0 Å². The fourth-order valence-electron chi connectivity index (χ4n) is 18.9. The lowest BCUT2D eigenvalue weighted by molar-refractivity contribution is 0.195. The molecule has 1 aromatic heterocycles. The summed E-state index contributed by atoms with van der Waals surface area (Å²) in [7, 11) is 0. The molecule has 0 N–H and O–H groups in total. The Morgan fingerprint density at radius 3 is 1.60 bits per heavy atom. The van der Waals surface area contributed by atoms with Gasteiger partial charge in [-0.25, -0.2) is 0 Å². The van der Waals surface area contributed by atoms with Crippen LogP contribution in [0.5, 0.6) is 0 Å². The van der Waals surface area contributed by atoms with Crippen LogP contribution in [-0.2, 0) is 43.3 Å². The molecule has 9 aromatic rings. The second-order valence-electron chi connectivity index (χ2n) is 33.4. The predicted molar refractivity (Wildman–Crippen MR) is 376 cm³/mol. The zero-order valence-corrected chi connectivity index (χ0v) is 56.1. The number of rotatable bonds is 3. The van der Waals surface area contributed by atoms with Crippen molar-refractivity contribution in [3.8, 4) is 0 Å². The molecule has 2 unspecified atom stereocenters. The fraction of sp³-hybridized carbons (Fsp3) is 0.415. The van der Waals surface area contributed by atoms with Crippen LogP contribution in [0.2, 0.25) is 0 Å². The molecule has 1 fully saturated rings. The summed E-state index contributed by atoms with van der Waals surface area (Å²) in [4.78, 5) is 8.52. The molecule has 3 aliphatic heterocycles. The van der Waals surface area contributed by atoms with E-state index in [-0.39, 0.29) is 55.6 Å². The van der Waals surface area contributed by atoms with Crippen molar-refractivity contribution in [2.75, 3.05) is 14.7 Å². The average molecular weight is 1160 g/mol. The topological polar surface area (TPSA) is 9.72 Å². The van der Waals surface area contributed by atoms with Crippen molar-refractivity contribution in [1.29, 1.82) is 0 Å². The smallest absolute Gasteiger partial charge is 0.252 e. The van der Waals surface area contributed by atoms with Crippen LogP contribution in [0.25, 0.3) is 20.2 Å². The molecule has 442 valence electrons. The summed E-state index contributed by atoms with van der Waals surface area (Å²) in [6, 6.07) is 57.5. The van der Waals surface area contributed by atoms with Gasteiger partial charge in [0, 0.05) is 71.5 Å². The Hall–Kier alpha value is -6.56. The van der Waals surface area contributed by atoms with Crippen molar-refractivity contribution in [2.45, 2.75) is 218 Å². The minimum Gasteiger partial charge on any atom is -0.334 e. The molecule has 4 aliphatic carbocycles. The van der Waals surface area contributed by atoms with Crippen molar-refractivity contribution in [2.24, 2.45) is 0 Å². The molecule has 4 heterocycles. The standard InChI is InChI=1S/C82H90BN3S/c1-74(2,3)49-31-34-65-62(41-49)81(16)35-22-23-36-82(81,17)86(65)51-43-69-72-70(44-51)85(66-29-24-26-53-52-25-18-21-30-71(52)87-73(53)66)68-48-61-60(79(12,13)55-27-19-20-28-56(55)80(61,14)15)46-64(68)83(72)63-45-58-59(78(10,11)40-39-77(58,8)9)47-67(63)84(69)50-32-33-54-57(42-50)76(6,7)38-37-75(54,4)5/h18-21,24-34,41-48H,22-23,35-40H2,1-17H3. The van der Waals surface area contributed by atoms with Gasteiger partial charge >= 0.3 is 0 Å². The lowest BCUT2D eigenvalue weighted by Crippen LogP contribution is -2.62. The number of nitrogens with zero attached hydrogens (tertiary/aromatic N) is 3. The second kappa shape index (κ2) is 17.6. The van der Waals surface area contributed by atoms with Gasteiger partial charge in [-0.05, 0) is 199 Å².